The first-order valence-corrected chi connectivity index (χ1v) is 7.69. The van der Waals surface area contributed by atoms with Crippen LogP contribution in [-0.2, 0) is 16.1 Å². The fourth-order valence-electron chi connectivity index (χ4n) is 1.81. The molecular weight excluding hydrogens is 365 g/mol. The zero-order valence-electron chi connectivity index (χ0n) is 12.4. The molecule has 0 saturated heterocycles. The summed E-state index contributed by atoms with van der Waals surface area (Å²) in [6.07, 6.45) is 0. The number of ether oxygens (including phenoxy) is 1. The van der Waals surface area contributed by atoms with Gasteiger partial charge in [-0.15, -0.1) is 0 Å². The van der Waals surface area contributed by atoms with E-state index in [2.05, 4.69) is 21.2 Å². The van der Waals surface area contributed by atoms with E-state index in [9.17, 15) is 14.0 Å². The van der Waals surface area contributed by atoms with Crippen LogP contribution < -0.4 is 5.32 Å². The normalized spacial score (nSPS) is 10.2. The first kappa shape index (κ1) is 17.1. The van der Waals surface area contributed by atoms with Crippen LogP contribution in [-0.4, -0.2) is 18.4 Å². The number of carbonyl (C=O) groups excluding carboxylic acids is 2. The SMILES string of the molecule is Cc1ccc(C(=O)NCC(=O)OCc2ccc(Br)cc2F)cc1. The Hall–Kier alpha value is -2.21. The minimum absolute atomic E-state index is 0.182. The highest BCUT2D eigenvalue weighted by Crippen LogP contribution is 2.15. The topological polar surface area (TPSA) is 55.4 Å². The summed E-state index contributed by atoms with van der Waals surface area (Å²) in [4.78, 5) is 23.5. The number of nitrogens with one attached hydrogen (secondary N) is 1. The predicted octanol–water partition coefficient (Wildman–Crippen LogP) is 3.37. The predicted molar refractivity (Wildman–Crippen MR) is 87.4 cm³/mol. The monoisotopic (exact) mass is 379 g/mol. The first-order valence-electron chi connectivity index (χ1n) is 6.90. The second kappa shape index (κ2) is 7.87. The van der Waals surface area contributed by atoms with E-state index in [1.54, 1.807) is 18.2 Å². The number of benzene rings is 2. The molecule has 0 fully saturated rings. The number of esters is 1. The molecule has 0 aliphatic rings. The Morgan fingerprint density at radius 2 is 1.87 bits per heavy atom. The molecule has 0 aromatic heterocycles. The third kappa shape index (κ3) is 5.17. The number of halogens is 2. The van der Waals surface area contributed by atoms with Crippen molar-refractivity contribution >= 4 is 27.8 Å². The average molecular weight is 380 g/mol. The van der Waals surface area contributed by atoms with Crippen LogP contribution in [0.25, 0.3) is 0 Å². The summed E-state index contributed by atoms with van der Waals surface area (Å²) in [6, 6.07) is 11.4. The zero-order valence-corrected chi connectivity index (χ0v) is 14.0. The number of hydrogen-bond acceptors (Lipinski definition) is 3. The molecule has 0 aliphatic carbocycles. The molecular formula is C17H15BrFNO3. The van der Waals surface area contributed by atoms with Gasteiger partial charge in [0.25, 0.3) is 5.91 Å². The van der Waals surface area contributed by atoms with E-state index >= 15 is 0 Å². The van der Waals surface area contributed by atoms with E-state index in [1.165, 1.54) is 12.1 Å². The van der Waals surface area contributed by atoms with E-state index in [1.807, 2.05) is 19.1 Å². The van der Waals surface area contributed by atoms with E-state index in [0.29, 0.717) is 10.0 Å². The minimum Gasteiger partial charge on any atom is -0.459 e. The molecule has 2 rings (SSSR count). The fourth-order valence-corrected chi connectivity index (χ4v) is 2.14. The van der Waals surface area contributed by atoms with Crippen molar-refractivity contribution in [2.75, 3.05) is 6.54 Å². The molecule has 0 bridgehead atoms. The maximum atomic E-state index is 13.6. The molecule has 120 valence electrons. The molecule has 23 heavy (non-hydrogen) atoms. The lowest BCUT2D eigenvalue weighted by molar-refractivity contribution is -0.143. The van der Waals surface area contributed by atoms with Crippen LogP contribution in [0.4, 0.5) is 4.39 Å². The lowest BCUT2D eigenvalue weighted by atomic mass is 10.1. The molecule has 0 atom stereocenters. The maximum Gasteiger partial charge on any atom is 0.325 e. The van der Waals surface area contributed by atoms with Gasteiger partial charge in [-0.05, 0) is 31.2 Å². The van der Waals surface area contributed by atoms with Crippen molar-refractivity contribution in [2.45, 2.75) is 13.5 Å². The van der Waals surface area contributed by atoms with E-state index in [-0.39, 0.29) is 24.6 Å². The molecule has 0 unspecified atom stereocenters. The van der Waals surface area contributed by atoms with Crippen LogP contribution in [0.3, 0.4) is 0 Å². The molecule has 2 aromatic rings. The molecule has 0 heterocycles. The molecule has 0 saturated carbocycles. The lowest BCUT2D eigenvalue weighted by Gasteiger charge is -2.08. The zero-order chi connectivity index (χ0) is 16.8. The van der Waals surface area contributed by atoms with Crippen molar-refractivity contribution in [3.63, 3.8) is 0 Å². The Morgan fingerprint density at radius 3 is 2.52 bits per heavy atom. The molecule has 1 N–H and O–H groups in total. The van der Waals surface area contributed by atoms with Gasteiger partial charge in [-0.3, -0.25) is 9.59 Å². The molecule has 1 amide bonds. The Morgan fingerprint density at radius 1 is 1.17 bits per heavy atom. The van der Waals surface area contributed by atoms with Gasteiger partial charge in [0, 0.05) is 15.6 Å². The lowest BCUT2D eigenvalue weighted by Crippen LogP contribution is -2.30. The Balaban J connectivity index is 1.81. The standard InChI is InChI=1S/C17H15BrFNO3/c1-11-2-4-12(5-3-11)17(22)20-9-16(21)23-10-13-6-7-14(18)8-15(13)19/h2-8H,9-10H2,1H3,(H,20,22). The average Bonchev–Trinajstić information content (AvgIpc) is 2.52. The maximum absolute atomic E-state index is 13.6. The second-order valence-electron chi connectivity index (χ2n) is 4.95. The van der Waals surface area contributed by atoms with Crippen molar-refractivity contribution in [1.29, 1.82) is 0 Å². The van der Waals surface area contributed by atoms with Crippen LogP contribution in [0.2, 0.25) is 0 Å². The largest absolute Gasteiger partial charge is 0.459 e. The Labute approximate surface area is 141 Å². The minimum atomic E-state index is -0.632. The van der Waals surface area contributed by atoms with Gasteiger partial charge in [0.1, 0.15) is 19.0 Å². The number of amides is 1. The molecule has 4 nitrogen and oxygen atoms in total. The van der Waals surface area contributed by atoms with Gasteiger partial charge >= 0.3 is 5.97 Å². The van der Waals surface area contributed by atoms with Crippen molar-refractivity contribution < 1.29 is 18.7 Å². The van der Waals surface area contributed by atoms with Gasteiger partial charge in [-0.2, -0.15) is 0 Å². The molecule has 0 aliphatic heterocycles. The highest BCUT2D eigenvalue weighted by Gasteiger charge is 2.10. The summed E-state index contributed by atoms with van der Waals surface area (Å²) >= 11 is 3.15. The van der Waals surface area contributed by atoms with Crippen LogP contribution in [0, 0.1) is 12.7 Å². The summed E-state index contributed by atoms with van der Waals surface area (Å²) in [7, 11) is 0. The Bertz CT molecular complexity index is 716. The van der Waals surface area contributed by atoms with Gasteiger partial charge in [-0.25, -0.2) is 4.39 Å². The number of carbonyl (C=O) groups is 2. The second-order valence-corrected chi connectivity index (χ2v) is 5.86. The molecule has 6 heteroatoms. The highest BCUT2D eigenvalue weighted by molar-refractivity contribution is 9.10. The third-order valence-electron chi connectivity index (χ3n) is 3.11. The van der Waals surface area contributed by atoms with Crippen molar-refractivity contribution in [3.05, 3.63) is 69.4 Å². The summed E-state index contributed by atoms with van der Waals surface area (Å²) in [5, 5.41) is 2.46. The van der Waals surface area contributed by atoms with Gasteiger partial charge in [0.2, 0.25) is 0 Å². The van der Waals surface area contributed by atoms with Gasteiger partial charge < -0.3 is 10.1 Å². The Kier molecular flexibility index (Phi) is 5.87. The molecule has 2 aromatic carbocycles. The van der Waals surface area contributed by atoms with E-state index in [4.69, 9.17) is 4.74 Å². The van der Waals surface area contributed by atoms with E-state index < -0.39 is 11.8 Å². The first-order chi connectivity index (χ1) is 11.0. The molecule has 0 spiro atoms. The van der Waals surface area contributed by atoms with Gasteiger partial charge in [-0.1, -0.05) is 39.7 Å². The number of hydrogen-bond donors (Lipinski definition) is 1. The number of rotatable bonds is 5. The van der Waals surface area contributed by atoms with Gasteiger partial charge in [0.15, 0.2) is 0 Å². The van der Waals surface area contributed by atoms with E-state index in [0.717, 1.165) is 5.56 Å². The summed E-state index contributed by atoms with van der Waals surface area (Å²) < 4.78 is 19.1. The van der Waals surface area contributed by atoms with Crippen molar-refractivity contribution in [3.8, 4) is 0 Å². The summed E-state index contributed by atoms with van der Waals surface area (Å²) in [6.45, 7) is 1.46. The van der Waals surface area contributed by atoms with Crippen LogP contribution in [0.1, 0.15) is 21.5 Å². The summed E-state index contributed by atoms with van der Waals surface area (Å²) in [5.74, 6) is -1.46. The third-order valence-corrected chi connectivity index (χ3v) is 3.60. The van der Waals surface area contributed by atoms with Crippen molar-refractivity contribution in [1.82, 2.24) is 5.32 Å². The quantitative estimate of drug-likeness (QED) is 0.810. The summed E-state index contributed by atoms with van der Waals surface area (Å²) in [5.41, 5.74) is 1.77. The van der Waals surface area contributed by atoms with Crippen LogP contribution >= 0.6 is 15.9 Å². The smallest absolute Gasteiger partial charge is 0.325 e. The van der Waals surface area contributed by atoms with Gasteiger partial charge in [0.05, 0.1) is 0 Å². The van der Waals surface area contributed by atoms with Crippen LogP contribution in [0.15, 0.2) is 46.9 Å². The van der Waals surface area contributed by atoms with Crippen LogP contribution in [0.5, 0.6) is 0 Å². The van der Waals surface area contributed by atoms with Crippen molar-refractivity contribution in [2.24, 2.45) is 0 Å². The number of aryl methyl sites for hydroxylation is 1. The molecule has 0 radical (unpaired) electrons. The highest BCUT2D eigenvalue weighted by atomic mass is 79.9. The fraction of sp³-hybridized carbons (Fsp3) is 0.176.